The summed E-state index contributed by atoms with van der Waals surface area (Å²) in [6, 6.07) is 9.22. The van der Waals surface area contributed by atoms with Crippen LogP contribution in [-0.4, -0.2) is 33.8 Å². The first-order valence-electron chi connectivity index (χ1n) is 6.68. The fourth-order valence-corrected chi connectivity index (χ4v) is 2.80. The zero-order valence-corrected chi connectivity index (χ0v) is 11.4. The number of carbonyl (C=O) groups is 3. The van der Waals surface area contributed by atoms with Crippen LogP contribution in [0.2, 0.25) is 0 Å². The molecule has 2 aromatic rings. The highest BCUT2D eigenvalue weighted by molar-refractivity contribution is 6.26. The standard InChI is InChI=1S/C16H13NO4/c1-2-12(16(20)21)17-14(18)10-7-3-5-9-6-4-8-11(13(9)10)15(17)19/h3-8,12H,2H2,1H3,(H,20,21). The zero-order valence-electron chi connectivity index (χ0n) is 11.4. The Hall–Kier alpha value is -2.69. The highest BCUT2D eigenvalue weighted by atomic mass is 16.4. The van der Waals surface area contributed by atoms with Crippen molar-refractivity contribution in [1.29, 1.82) is 0 Å². The third-order valence-corrected chi connectivity index (χ3v) is 3.79. The third-order valence-electron chi connectivity index (χ3n) is 3.79. The van der Waals surface area contributed by atoms with Gasteiger partial charge in [-0.05, 0) is 23.9 Å². The molecule has 0 saturated heterocycles. The van der Waals surface area contributed by atoms with Crippen molar-refractivity contribution in [3.05, 3.63) is 47.5 Å². The second-order valence-electron chi connectivity index (χ2n) is 4.95. The van der Waals surface area contributed by atoms with Crippen LogP contribution in [0.3, 0.4) is 0 Å². The van der Waals surface area contributed by atoms with Crippen LogP contribution in [0, 0.1) is 0 Å². The fourth-order valence-electron chi connectivity index (χ4n) is 2.80. The Morgan fingerprint density at radius 3 is 2.05 bits per heavy atom. The number of carboxylic acids is 1. The molecule has 1 aliphatic rings. The molecule has 1 heterocycles. The lowest BCUT2D eigenvalue weighted by Gasteiger charge is -2.31. The van der Waals surface area contributed by atoms with Crippen LogP contribution in [0.4, 0.5) is 0 Å². The SMILES string of the molecule is CCC(C(=O)O)N1C(=O)c2cccc3cccc(c23)C1=O. The highest BCUT2D eigenvalue weighted by Gasteiger charge is 2.39. The van der Waals surface area contributed by atoms with Gasteiger partial charge in [-0.15, -0.1) is 0 Å². The summed E-state index contributed by atoms with van der Waals surface area (Å²) in [7, 11) is 0. The van der Waals surface area contributed by atoms with Gasteiger partial charge in [0.2, 0.25) is 0 Å². The molecule has 0 aromatic heterocycles. The molecule has 1 atom stereocenters. The quantitative estimate of drug-likeness (QED) is 0.877. The molecule has 0 spiro atoms. The molecule has 0 fully saturated rings. The Balaban J connectivity index is 2.26. The van der Waals surface area contributed by atoms with Crippen molar-refractivity contribution in [1.82, 2.24) is 4.90 Å². The van der Waals surface area contributed by atoms with Gasteiger partial charge in [-0.2, -0.15) is 0 Å². The van der Waals surface area contributed by atoms with Crippen molar-refractivity contribution < 1.29 is 19.5 Å². The van der Waals surface area contributed by atoms with E-state index in [1.54, 1.807) is 31.2 Å². The minimum Gasteiger partial charge on any atom is -0.480 e. The molecule has 1 unspecified atom stereocenters. The number of benzene rings is 2. The molecule has 3 rings (SSSR count). The maximum absolute atomic E-state index is 12.6. The first-order valence-corrected chi connectivity index (χ1v) is 6.68. The van der Waals surface area contributed by atoms with Crippen molar-refractivity contribution >= 4 is 28.6 Å². The van der Waals surface area contributed by atoms with Crippen LogP contribution in [0.15, 0.2) is 36.4 Å². The number of hydrogen-bond acceptors (Lipinski definition) is 3. The molecule has 0 aliphatic carbocycles. The van der Waals surface area contributed by atoms with E-state index in [2.05, 4.69) is 0 Å². The van der Waals surface area contributed by atoms with E-state index in [-0.39, 0.29) is 6.42 Å². The lowest BCUT2D eigenvalue weighted by Crippen LogP contribution is -2.50. The van der Waals surface area contributed by atoms with E-state index >= 15 is 0 Å². The van der Waals surface area contributed by atoms with Gasteiger partial charge in [-0.1, -0.05) is 31.2 Å². The molecule has 5 nitrogen and oxygen atoms in total. The van der Waals surface area contributed by atoms with Crippen LogP contribution in [0.5, 0.6) is 0 Å². The monoisotopic (exact) mass is 283 g/mol. The zero-order chi connectivity index (χ0) is 15.1. The molecular weight excluding hydrogens is 270 g/mol. The number of hydrogen-bond donors (Lipinski definition) is 1. The maximum Gasteiger partial charge on any atom is 0.326 e. The minimum absolute atomic E-state index is 0.172. The van der Waals surface area contributed by atoms with Gasteiger partial charge in [0.05, 0.1) is 0 Å². The van der Waals surface area contributed by atoms with E-state index in [4.69, 9.17) is 0 Å². The van der Waals surface area contributed by atoms with Crippen LogP contribution in [0.1, 0.15) is 34.1 Å². The van der Waals surface area contributed by atoms with Gasteiger partial charge in [-0.3, -0.25) is 14.5 Å². The second-order valence-corrected chi connectivity index (χ2v) is 4.95. The van der Waals surface area contributed by atoms with Crippen LogP contribution in [0.25, 0.3) is 10.8 Å². The molecule has 2 amide bonds. The molecule has 0 saturated carbocycles. The van der Waals surface area contributed by atoms with E-state index in [9.17, 15) is 19.5 Å². The van der Waals surface area contributed by atoms with Crippen molar-refractivity contribution in [2.24, 2.45) is 0 Å². The summed E-state index contributed by atoms with van der Waals surface area (Å²) in [6.07, 6.45) is 0.172. The van der Waals surface area contributed by atoms with Crippen molar-refractivity contribution in [2.45, 2.75) is 19.4 Å². The van der Waals surface area contributed by atoms with Gasteiger partial charge in [0.25, 0.3) is 11.8 Å². The third kappa shape index (κ3) is 1.81. The van der Waals surface area contributed by atoms with Gasteiger partial charge in [0.1, 0.15) is 6.04 Å². The molecule has 1 N–H and O–H groups in total. The second kappa shape index (κ2) is 4.70. The summed E-state index contributed by atoms with van der Waals surface area (Å²) < 4.78 is 0. The lowest BCUT2D eigenvalue weighted by molar-refractivity contribution is -0.141. The van der Waals surface area contributed by atoms with E-state index in [1.807, 2.05) is 12.1 Å². The van der Waals surface area contributed by atoms with Crippen LogP contribution < -0.4 is 0 Å². The summed E-state index contributed by atoms with van der Waals surface area (Å²) in [6.45, 7) is 1.64. The normalized spacial score (nSPS) is 15.4. The number of aliphatic carboxylic acids is 1. The van der Waals surface area contributed by atoms with E-state index in [0.717, 1.165) is 10.3 Å². The van der Waals surface area contributed by atoms with E-state index < -0.39 is 23.8 Å². The highest BCUT2D eigenvalue weighted by Crippen LogP contribution is 2.31. The number of carbonyl (C=O) groups excluding carboxylic acids is 2. The number of nitrogens with zero attached hydrogens (tertiary/aromatic N) is 1. The molecule has 0 radical (unpaired) electrons. The molecule has 1 aliphatic heterocycles. The van der Waals surface area contributed by atoms with E-state index in [0.29, 0.717) is 16.5 Å². The van der Waals surface area contributed by atoms with Crippen molar-refractivity contribution in [2.75, 3.05) is 0 Å². The fraction of sp³-hybridized carbons (Fsp3) is 0.188. The minimum atomic E-state index is -1.18. The molecule has 2 aromatic carbocycles. The first-order chi connectivity index (χ1) is 10.1. The summed E-state index contributed by atoms with van der Waals surface area (Å²) in [4.78, 5) is 37.3. The topological polar surface area (TPSA) is 74.7 Å². The Kier molecular flexibility index (Phi) is 2.97. The van der Waals surface area contributed by atoms with Gasteiger partial charge in [0.15, 0.2) is 0 Å². The number of amides is 2. The summed E-state index contributed by atoms with van der Waals surface area (Å²) >= 11 is 0. The van der Waals surface area contributed by atoms with Gasteiger partial charge in [0, 0.05) is 16.5 Å². The number of rotatable bonds is 3. The summed E-state index contributed by atoms with van der Waals surface area (Å²) in [5, 5.41) is 10.7. The lowest BCUT2D eigenvalue weighted by atomic mass is 9.93. The Labute approximate surface area is 120 Å². The van der Waals surface area contributed by atoms with Gasteiger partial charge < -0.3 is 5.11 Å². The van der Waals surface area contributed by atoms with Crippen molar-refractivity contribution in [3.63, 3.8) is 0 Å². The molecule has 21 heavy (non-hydrogen) atoms. The first kappa shape index (κ1) is 13.3. The molecule has 106 valence electrons. The van der Waals surface area contributed by atoms with Crippen LogP contribution >= 0.6 is 0 Å². The average molecular weight is 283 g/mol. The van der Waals surface area contributed by atoms with Gasteiger partial charge >= 0.3 is 5.97 Å². The van der Waals surface area contributed by atoms with Gasteiger partial charge in [-0.25, -0.2) is 4.79 Å². The largest absolute Gasteiger partial charge is 0.480 e. The summed E-state index contributed by atoms with van der Waals surface area (Å²) in [5.74, 6) is -2.26. The predicted molar refractivity (Wildman–Crippen MR) is 76.2 cm³/mol. The van der Waals surface area contributed by atoms with Crippen LogP contribution in [-0.2, 0) is 4.79 Å². The smallest absolute Gasteiger partial charge is 0.326 e. The Morgan fingerprint density at radius 1 is 1.10 bits per heavy atom. The predicted octanol–water partition coefficient (Wildman–Crippen LogP) is 2.30. The Bertz CT molecular complexity index is 730. The summed E-state index contributed by atoms with van der Waals surface area (Å²) in [5.41, 5.74) is 0.754. The Morgan fingerprint density at radius 2 is 1.62 bits per heavy atom. The number of imide groups is 1. The van der Waals surface area contributed by atoms with E-state index in [1.165, 1.54) is 0 Å². The maximum atomic E-state index is 12.6. The average Bonchev–Trinajstić information content (AvgIpc) is 2.48. The van der Waals surface area contributed by atoms with Crippen molar-refractivity contribution in [3.8, 4) is 0 Å². The molecule has 5 heteroatoms. The number of carboxylic acid groups (broad SMARTS) is 1. The molecule has 0 bridgehead atoms. The molecular formula is C16H13NO4.